The van der Waals surface area contributed by atoms with Gasteiger partial charge in [0.15, 0.2) is 0 Å². The number of carbonyl (C=O) groups excluding carboxylic acids is 1. The summed E-state index contributed by atoms with van der Waals surface area (Å²) in [5.74, 6) is 1.28. The van der Waals surface area contributed by atoms with Crippen molar-refractivity contribution in [1.82, 2.24) is 0 Å². The number of carbonyl (C=O) groups is 1. The van der Waals surface area contributed by atoms with E-state index in [4.69, 9.17) is 9.47 Å². The normalized spacial score (nSPS) is 13.7. The fourth-order valence-corrected chi connectivity index (χ4v) is 2.59. The summed E-state index contributed by atoms with van der Waals surface area (Å²) in [4.78, 5) is 12.6. The molecule has 0 aliphatic heterocycles. The Morgan fingerprint density at radius 2 is 1.83 bits per heavy atom. The average molecular weight is 335 g/mol. The van der Waals surface area contributed by atoms with Gasteiger partial charge in [-0.25, -0.2) is 0 Å². The summed E-state index contributed by atoms with van der Waals surface area (Å²) in [6.45, 7) is 12.9. The van der Waals surface area contributed by atoms with Crippen molar-refractivity contribution in [2.45, 2.75) is 66.4 Å². The largest absolute Gasteiger partial charge is 0.493 e. The molecule has 1 rings (SSSR count). The number of rotatable bonds is 9. The first-order valence-corrected chi connectivity index (χ1v) is 8.84. The van der Waals surface area contributed by atoms with Crippen LogP contribution in [0.5, 0.6) is 5.75 Å². The summed E-state index contributed by atoms with van der Waals surface area (Å²) in [7, 11) is 1.59. The third-order valence-corrected chi connectivity index (χ3v) is 4.22. The Balaban J connectivity index is 2.90. The molecular weight excluding hydrogens is 302 g/mol. The second-order valence-electron chi connectivity index (χ2n) is 7.14. The van der Waals surface area contributed by atoms with Crippen molar-refractivity contribution >= 4 is 11.6 Å². The number of unbranched alkanes of at least 4 members (excludes halogenated alkanes) is 1. The lowest BCUT2D eigenvalue weighted by atomic mass is 9.97. The summed E-state index contributed by atoms with van der Waals surface area (Å²) >= 11 is 0. The van der Waals surface area contributed by atoms with Gasteiger partial charge in [0.2, 0.25) is 0 Å². The zero-order valence-electron chi connectivity index (χ0n) is 16.3. The van der Waals surface area contributed by atoms with Gasteiger partial charge in [-0.05, 0) is 56.4 Å². The van der Waals surface area contributed by atoms with Crippen LogP contribution in [0.3, 0.4) is 0 Å². The van der Waals surface area contributed by atoms with Gasteiger partial charge in [-0.1, -0.05) is 33.6 Å². The minimum Gasteiger partial charge on any atom is -0.493 e. The quantitative estimate of drug-likeness (QED) is 0.700. The predicted octanol–water partition coefficient (Wildman–Crippen LogP) is 4.87. The van der Waals surface area contributed by atoms with Gasteiger partial charge in [0.25, 0.3) is 5.91 Å². The molecule has 1 aromatic rings. The molecular formula is C20H33NO3. The number of aryl methyl sites for hydroxylation is 2. The number of ether oxygens (including phenoxy) is 2. The topological polar surface area (TPSA) is 47.6 Å². The van der Waals surface area contributed by atoms with Crippen LogP contribution in [0.4, 0.5) is 5.69 Å². The Kier molecular flexibility index (Phi) is 7.74. The number of anilines is 1. The van der Waals surface area contributed by atoms with Gasteiger partial charge in [0, 0.05) is 12.8 Å². The molecule has 4 nitrogen and oxygen atoms in total. The van der Waals surface area contributed by atoms with E-state index in [9.17, 15) is 4.79 Å². The molecule has 0 fully saturated rings. The van der Waals surface area contributed by atoms with E-state index >= 15 is 0 Å². The van der Waals surface area contributed by atoms with Crippen molar-refractivity contribution in [3.05, 3.63) is 23.3 Å². The summed E-state index contributed by atoms with van der Waals surface area (Å²) < 4.78 is 11.4. The van der Waals surface area contributed by atoms with Gasteiger partial charge < -0.3 is 14.8 Å². The fourth-order valence-electron chi connectivity index (χ4n) is 2.59. The molecule has 0 bridgehead atoms. The third kappa shape index (κ3) is 5.52. The first-order valence-electron chi connectivity index (χ1n) is 8.84. The summed E-state index contributed by atoms with van der Waals surface area (Å²) in [5, 5.41) is 3.00. The van der Waals surface area contributed by atoms with E-state index in [0.29, 0.717) is 18.9 Å². The molecule has 1 unspecified atom stereocenters. The highest BCUT2D eigenvalue weighted by atomic mass is 16.5. The standard InChI is InChI=1S/C20H33NO3/c1-8-9-10-20(6,23-7)19(22)21-17-11-15(4)18(16(5)12-17)24-13-14(2)3/h11-12,14H,8-10,13H2,1-7H3,(H,21,22). The Labute approximate surface area is 146 Å². The number of hydrogen-bond donors (Lipinski definition) is 1. The molecule has 0 saturated carbocycles. The maximum atomic E-state index is 12.6. The van der Waals surface area contributed by atoms with E-state index in [-0.39, 0.29) is 5.91 Å². The maximum Gasteiger partial charge on any atom is 0.256 e. The van der Waals surface area contributed by atoms with E-state index < -0.39 is 5.60 Å². The van der Waals surface area contributed by atoms with Gasteiger partial charge in [0.1, 0.15) is 11.4 Å². The summed E-state index contributed by atoms with van der Waals surface area (Å²) in [5.41, 5.74) is 2.04. The molecule has 0 aliphatic rings. The van der Waals surface area contributed by atoms with Crippen LogP contribution in [0.2, 0.25) is 0 Å². The van der Waals surface area contributed by atoms with Crippen LogP contribution in [0.1, 0.15) is 58.1 Å². The molecule has 0 radical (unpaired) electrons. The van der Waals surface area contributed by atoms with E-state index in [1.807, 2.05) is 32.9 Å². The van der Waals surface area contributed by atoms with Gasteiger partial charge in [-0.2, -0.15) is 0 Å². The number of methoxy groups -OCH3 is 1. The van der Waals surface area contributed by atoms with Crippen molar-refractivity contribution < 1.29 is 14.3 Å². The Bertz CT molecular complexity index is 531. The molecule has 136 valence electrons. The van der Waals surface area contributed by atoms with Crippen LogP contribution in [0.15, 0.2) is 12.1 Å². The molecule has 24 heavy (non-hydrogen) atoms. The van der Waals surface area contributed by atoms with E-state index in [1.54, 1.807) is 7.11 Å². The van der Waals surface area contributed by atoms with Gasteiger partial charge in [-0.15, -0.1) is 0 Å². The Hall–Kier alpha value is -1.55. The van der Waals surface area contributed by atoms with E-state index in [1.165, 1.54) is 0 Å². The molecule has 1 amide bonds. The summed E-state index contributed by atoms with van der Waals surface area (Å²) in [6.07, 6.45) is 2.70. The van der Waals surface area contributed by atoms with Crippen molar-refractivity contribution in [3.8, 4) is 5.75 Å². The predicted molar refractivity (Wildman–Crippen MR) is 99.8 cm³/mol. The molecule has 4 heteroatoms. The number of amides is 1. The summed E-state index contributed by atoms with van der Waals surface area (Å²) in [6, 6.07) is 3.91. The molecule has 0 spiro atoms. The van der Waals surface area contributed by atoms with Crippen LogP contribution >= 0.6 is 0 Å². The zero-order chi connectivity index (χ0) is 18.3. The monoisotopic (exact) mass is 335 g/mol. The molecule has 0 aliphatic carbocycles. The zero-order valence-corrected chi connectivity index (χ0v) is 16.3. The average Bonchev–Trinajstić information content (AvgIpc) is 2.51. The van der Waals surface area contributed by atoms with Crippen LogP contribution in [-0.2, 0) is 9.53 Å². The molecule has 1 atom stereocenters. The lowest BCUT2D eigenvalue weighted by molar-refractivity contribution is -0.136. The van der Waals surface area contributed by atoms with Crippen molar-refractivity contribution in [2.75, 3.05) is 19.0 Å². The third-order valence-electron chi connectivity index (χ3n) is 4.22. The van der Waals surface area contributed by atoms with Crippen molar-refractivity contribution in [2.24, 2.45) is 5.92 Å². The smallest absolute Gasteiger partial charge is 0.256 e. The van der Waals surface area contributed by atoms with Crippen LogP contribution in [-0.4, -0.2) is 25.2 Å². The van der Waals surface area contributed by atoms with Gasteiger partial charge in [-0.3, -0.25) is 4.79 Å². The van der Waals surface area contributed by atoms with Gasteiger partial charge in [0.05, 0.1) is 6.61 Å². The minimum atomic E-state index is -0.801. The van der Waals surface area contributed by atoms with Crippen molar-refractivity contribution in [3.63, 3.8) is 0 Å². The number of nitrogens with one attached hydrogen (secondary N) is 1. The van der Waals surface area contributed by atoms with E-state index in [0.717, 1.165) is 35.4 Å². The molecule has 1 aromatic carbocycles. The van der Waals surface area contributed by atoms with E-state index in [2.05, 4.69) is 26.1 Å². The minimum absolute atomic E-state index is 0.104. The fraction of sp³-hybridized carbons (Fsp3) is 0.650. The van der Waals surface area contributed by atoms with Crippen molar-refractivity contribution in [1.29, 1.82) is 0 Å². The second-order valence-corrected chi connectivity index (χ2v) is 7.14. The first kappa shape index (κ1) is 20.5. The van der Waals surface area contributed by atoms with Gasteiger partial charge >= 0.3 is 0 Å². The Morgan fingerprint density at radius 3 is 2.29 bits per heavy atom. The van der Waals surface area contributed by atoms with Crippen LogP contribution in [0.25, 0.3) is 0 Å². The van der Waals surface area contributed by atoms with Crippen LogP contribution in [0, 0.1) is 19.8 Å². The number of benzene rings is 1. The van der Waals surface area contributed by atoms with Crippen LogP contribution < -0.4 is 10.1 Å². The molecule has 0 heterocycles. The highest BCUT2D eigenvalue weighted by Crippen LogP contribution is 2.29. The lowest BCUT2D eigenvalue weighted by Gasteiger charge is -2.27. The first-order chi connectivity index (χ1) is 11.2. The highest BCUT2D eigenvalue weighted by Gasteiger charge is 2.32. The highest BCUT2D eigenvalue weighted by molar-refractivity contribution is 5.97. The number of hydrogen-bond acceptors (Lipinski definition) is 3. The molecule has 1 N–H and O–H groups in total. The molecule has 0 saturated heterocycles. The Morgan fingerprint density at radius 1 is 1.25 bits per heavy atom. The molecule has 0 aromatic heterocycles. The maximum absolute atomic E-state index is 12.6. The second kappa shape index (κ2) is 9.07. The lowest BCUT2D eigenvalue weighted by Crippen LogP contribution is -2.41. The SMILES string of the molecule is CCCCC(C)(OC)C(=O)Nc1cc(C)c(OCC(C)C)c(C)c1.